The monoisotopic (exact) mass is 433 g/mol. The molecule has 0 spiro atoms. The third kappa shape index (κ3) is 4.26. The van der Waals surface area contributed by atoms with Gasteiger partial charge in [0.05, 0.1) is 27.9 Å². The van der Waals surface area contributed by atoms with Crippen molar-refractivity contribution in [1.82, 2.24) is 0 Å². The molecule has 1 unspecified atom stereocenters. The molecule has 1 saturated carbocycles. The normalized spacial score (nSPS) is 17.3. The number of carbonyl (C=O) groups excluding carboxylic acids is 2. The molecular weight excluding hydrogens is 423 g/mol. The number of amides is 2. The van der Waals surface area contributed by atoms with Gasteiger partial charge in [-0.2, -0.15) is 0 Å². The molecule has 0 aliphatic heterocycles. The van der Waals surface area contributed by atoms with Gasteiger partial charge in [0.15, 0.2) is 0 Å². The van der Waals surface area contributed by atoms with Crippen molar-refractivity contribution >= 4 is 63.7 Å². The molecule has 4 N–H and O–H groups in total. The largest absolute Gasteiger partial charge is 0.396 e. The van der Waals surface area contributed by atoms with E-state index in [4.69, 9.17) is 40.5 Å². The molecule has 142 valence electrons. The number of nitrogens with two attached hydrogens (primary N) is 1. The van der Waals surface area contributed by atoms with Crippen LogP contribution in [0.4, 0.5) is 25.8 Å². The van der Waals surface area contributed by atoms with Crippen LogP contribution in [0.1, 0.15) is 16.8 Å². The average Bonchev–Trinajstić information content (AvgIpc) is 3.23. The van der Waals surface area contributed by atoms with Gasteiger partial charge in [-0.15, -0.1) is 23.2 Å². The predicted molar refractivity (Wildman–Crippen MR) is 101 cm³/mol. The first-order chi connectivity index (χ1) is 12.6. The third-order valence-corrected chi connectivity index (χ3v) is 5.12. The number of benzene rings is 2. The number of rotatable bonds is 4. The van der Waals surface area contributed by atoms with Crippen molar-refractivity contribution in [2.75, 3.05) is 16.4 Å². The van der Waals surface area contributed by atoms with Crippen LogP contribution in [0.5, 0.6) is 0 Å². The molecule has 2 aromatic carbocycles. The molecule has 0 saturated heterocycles. The fourth-order valence-electron chi connectivity index (χ4n) is 2.36. The lowest BCUT2D eigenvalue weighted by atomic mass is 10.1. The lowest BCUT2D eigenvalue weighted by molar-refractivity contribution is -0.117. The molecule has 3 rings (SSSR count). The number of nitrogens with one attached hydrogen (secondary N) is 2. The van der Waals surface area contributed by atoms with Gasteiger partial charge in [0.1, 0.15) is 16.0 Å². The summed E-state index contributed by atoms with van der Waals surface area (Å²) in [6.07, 6.45) is 0.328. The van der Waals surface area contributed by atoms with Gasteiger partial charge in [0, 0.05) is 11.8 Å². The van der Waals surface area contributed by atoms with Gasteiger partial charge in [-0.25, -0.2) is 8.78 Å². The van der Waals surface area contributed by atoms with Crippen molar-refractivity contribution in [2.24, 2.45) is 5.92 Å². The highest BCUT2D eigenvalue weighted by molar-refractivity contribution is 6.52. The summed E-state index contributed by atoms with van der Waals surface area (Å²) in [6, 6.07) is 5.70. The van der Waals surface area contributed by atoms with E-state index in [1.54, 1.807) is 0 Å². The van der Waals surface area contributed by atoms with E-state index in [1.807, 2.05) is 0 Å². The molecule has 0 radical (unpaired) electrons. The molecule has 1 atom stereocenters. The molecule has 2 aromatic rings. The minimum absolute atomic E-state index is 0.0319. The Labute approximate surface area is 167 Å². The molecule has 1 aliphatic rings. The first kappa shape index (κ1) is 19.7. The maximum absolute atomic E-state index is 13.8. The lowest BCUT2D eigenvalue weighted by Crippen LogP contribution is -2.18. The molecule has 27 heavy (non-hydrogen) atoms. The Morgan fingerprint density at radius 2 is 1.78 bits per heavy atom. The minimum Gasteiger partial charge on any atom is -0.396 e. The second-order valence-electron chi connectivity index (χ2n) is 6.01. The molecule has 1 aliphatic carbocycles. The lowest BCUT2D eigenvalue weighted by Gasteiger charge is -2.11. The van der Waals surface area contributed by atoms with Crippen molar-refractivity contribution in [2.45, 2.75) is 10.8 Å². The van der Waals surface area contributed by atoms with Crippen LogP contribution >= 0.6 is 34.8 Å². The van der Waals surface area contributed by atoms with E-state index in [2.05, 4.69) is 10.6 Å². The van der Waals surface area contributed by atoms with Crippen molar-refractivity contribution in [3.05, 3.63) is 52.6 Å². The zero-order chi connectivity index (χ0) is 19.9. The highest BCUT2D eigenvalue weighted by Gasteiger charge is 2.56. The van der Waals surface area contributed by atoms with Crippen LogP contribution < -0.4 is 16.4 Å². The average molecular weight is 435 g/mol. The topological polar surface area (TPSA) is 84.2 Å². The van der Waals surface area contributed by atoms with Gasteiger partial charge in [-0.1, -0.05) is 11.6 Å². The maximum atomic E-state index is 13.8. The van der Waals surface area contributed by atoms with Crippen molar-refractivity contribution in [3.63, 3.8) is 0 Å². The SMILES string of the molecule is Nc1cc(NC(=O)c2cc(NC(=O)C3CC3(Cl)Cl)ccc2Cl)c(F)cc1F. The van der Waals surface area contributed by atoms with Crippen molar-refractivity contribution in [1.29, 1.82) is 0 Å². The number of halogens is 5. The second-order valence-corrected chi connectivity index (χ2v) is 7.96. The van der Waals surface area contributed by atoms with Gasteiger partial charge in [0.2, 0.25) is 5.91 Å². The maximum Gasteiger partial charge on any atom is 0.257 e. The van der Waals surface area contributed by atoms with Crippen LogP contribution in [-0.4, -0.2) is 16.1 Å². The highest BCUT2D eigenvalue weighted by atomic mass is 35.5. The number of alkyl halides is 2. The summed E-state index contributed by atoms with van der Waals surface area (Å²) in [6.45, 7) is 0. The summed E-state index contributed by atoms with van der Waals surface area (Å²) < 4.78 is 25.9. The number of anilines is 3. The zero-order valence-electron chi connectivity index (χ0n) is 13.5. The number of hydrogen-bond donors (Lipinski definition) is 3. The summed E-state index contributed by atoms with van der Waals surface area (Å²) in [7, 11) is 0. The van der Waals surface area contributed by atoms with Crippen LogP contribution in [0.15, 0.2) is 30.3 Å². The minimum atomic E-state index is -1.09. The van der Waals surface area contributed by atoms with Gasteiger partial charge in [0.25, 0.3) is 5.91 Å². The summed E-state index contributed by atoms with van der Waals surface area (Å²) in [5.41, 5.74) is 5.00. The Kier molecular flexibility index (Phi) is 5.20. The van der Waals surface area contributed by atoms with E-state index >= 15 is 0 Å². The van der Waals surface area contributed by atoms with Crippen LogP contribution in [0.2, 0.25) is 5.02 Å². The van der Waals surface area contributed by atoms with Gasteiger partial charge in [-0.05, 0) is 30.7 Å². The molecule has 0 heterocycles. The van der Waals surface area contributed by atoms with E-state index in [0.717, 1.165) is 6.07 Å². The Morgan fingerprint density at radius 1 is 1.11 bits per heavy atom. The van der Waals surface area contributed by atoms with Crippen LogP contribution in [-0.2, 0) is 4.79 Å². The Hall–Kier alpha value is -2.09. The fourth-order valence-corrected chi connectivity index (χ4v) is 3.07. The van der Waals surface area contributed by atoms with Crippen LogP contribution in [0.25, 0.3) is 0 Å². The fraction of sp³-hybridized carbons (Fsp3) is 0.176. The van der Waals surface area contributed by atoms with E-state index in [1.165, 1.54) is 18.2 Å². The van der Waals surface area contributed by atoms with E-state index < -0.39 is 33.7 Å². The van der Waals surface area contributed by atoms with Crippen LogP contribution in [0.3, 0.4) is 0 Å². The smallest absolute Gasteiger partial charge is 0.257 e. The molecule has 0 bridgehead atoms. The molecule has 2 amide bonds. The summed E-state index contributed by atoms with van der Waals surface area (Å²) >= 11 is 17.7. The summed E-state index contributed by atoms with van der Waals surface area (Å²) in [4.78, 5) is 24.5. The Morgan fingerprint density at radius 3 is 2.41 bits per heavy atom. The molecular formula is C17H12Cl3F2N3O2. The molecule has 1 fully saturated rings. The van der Waals surface area contributed by atoms with E-state index in [9.17, 15) is 18.4 Å². The van der Waals surface area contributed by atoms with Crippen molar-refractivity contribution < 1.29 is 18.4 Å². The molecule has 5 nitrogen and oxygen atoms in total. The number of hydrogen-bond acceptors (Lipinski definition) is 3. The van der Waals surface area contributed by atoms with E-state index in [0.29, 0.717) is 12.5 Å². The molecule has 10 heteroatoms. The second kappa shape index (κ2) is 7.14. The predicted octanol–water partition coefficient (Wildman–Crippen LogP) is 4.59. The van der Waals surface area contributed by atoms with Crippen LogP contribution in [0, 0.1) is 17.6 Å². The standard InChI is InChI=1S/C17H12Cl3F2N3O2/c18-10-2-1-7(24-16(27)9-6-17(9,19)20)3-8(10)15(26)25-14-5-13(23)11(21)4-12(14)22/h1-5,9H,6,23H2,(H,24,27)(H,25,26). The first-order valence-corrected chi connectivity index (χ1v) is 8.76. The number of nitrogen functional groups attached to an aromatic ring is 1. The Bertz CT molecular complexity index is 953. The van der Waals surface area contributed by atoms with E-state index in [-0.39, 0.29) is 27.6 Å². The third-order valence-electron chi connectivity index (χ3n) is 3.96. The van der Waals surface area contributed by atoms with Gasteiger partial charge in [-0.3, -0.25) is 9.59 Å². The summed E-state index contributed by atoms with van der Waals surface area (Å²) in [5, 5.41) is 4.91. The summed E-state index contributed by atoms with van der Waals surface area (Å²) in [5.74, 6) is -3.65. The van der Waals surface area contributed by atoms with Crippen molar-refractivity contribution in [3.8, 4) is 0 Å². The number of carbonyl (C=O) groups is 2. The first-order valence-electron chi connectivity index (χ1n) is 7.62. The quantitative estimate of drug-likeness (QED) is 0.486. The van der Waals surface area contributed by atoms with Gasteiger partial charge >= 0.3 is 0 Å². The zero-order valence-corrected chi connectivity index (χ0v) is 15.7. The van der Waals surface area contributed by atoms with Gasteiger partial charge < -0.3 is 16.4 Å². The molecule has 0 aromatic heterocycles. The Balaban J connectivity index is 1.79. The highest BCUT2D eigenvalue weighted by Crippen LogP contribution is 2.53.